The number of halogens is 2. The smallest absolute Gasteiger partial charge is 0.435 e. The van der Waals surface area contributed by atoms with E-state index in [1.807, 2.05) is 13.8 Å². The molecule has 0 aliphatic rings. The van der Waals surface area contributed by atoms with Gasteiger partial charge in [-0.05, 0) is 32.9 Å². The summed E-state index contributed by atoms with van der Waals surface area (Å²) in [7, 11) is 0. The predicted molar refractivity (Wildman–Crippen MR) is 90.9 cm³/mol. The van der Waals surface area contributed by atoms with E-state index in [4.69, 9.17) is 21.1 Å². The van der Waals surface area contributed by atoms with Gasteiger partial charge in [0.2, 0.25) is 5.88 Å². The van der Waals surface area contributed by atoms with Crippen LogP contribution in [0.25, 0.3) is 0 Å². The summed E-state index contributed by atoms with van der Waals surface area (Å²) in [6.07, 6.45) is 0.807. The molecular formula is C17H22ClFN2O3. The molecule has 0 aliphatic heterocycles. The van der Waals surface area contributed by atoms with Crippen molar-refractivity contribution in [2.75, 3.05) is 0 Å². The molecule has 1 aromatic heterocycles. The molecule has 0 unspecified atom stereocenters. The molecule has 2 aromatic rings. The molecule has 24 heavy (non-hydrogen) atoms. The van der Waals surface area contributed by atoms with Crippen LogP contribution in [0, 0.1) is 5.82 Å². The Kier molecular flexibility index (Phi) is 7.22. The van der Waals surface area contributed by atoms with Gasteiger partial charge in [-0.2, -0.15) is 4.68 Å². The minimum atomic E-state index is -0.615. The summed E-state index contributed by atoms with van der Waals surface area (Å²) in [4.78, 5) is 11.8. The molecule has 0 saturated heterocycles. The van der Waals surface area contributed by atoms with E-state index in [0.717, 1.165) is 4.68 Å². The molecule has 0 N–H and O–H groups in total. The minimum Gasteiger partial charge on any atom is -0.472 e. The number of aromatic nitrogens is 2. The molecule has 0 amide bonds. The monoisotopic (exact) mass is 356 g/mol. The van der Waals surface area contributed by atoms with Crippen molar-refractivity contribution in [3.8, 4) is 5.88 Å². The number of hydrogen-bond donors (Lipinski definition) is 0. The molecule has 5 nitrogen and oxygen atoms in total. The van der Waals surface area contributed by atoms with E-state index >= 15 is 0 Å². The lowest BCUT2D eigenvalue weighted by Gasteiger charge is -2.18. The van der Waals surface area contributed by atoms with Crippen LogP contribution in [0.2, 0.25) is 5.02 Å². The van der Waals surface area contributed by atoms with Crippen LogP contribution in [-0.2, 0) is 11.3 Å². The van der Waals surface area contributed by atoms with Crippen molar-refractivity contribution in [1.82, 2.24) is 9.78 Å². The quantitative estimate of drug-likeness (QED) is 0.770. The zero-order valence-corrected chi connectivity index (χ0v) is 15.2. The maximum Gasteiger partial charge on any atom is 0.435 e. The third-order valence-electron chi connectivity index (χ3n) is 2.54. The summed E-state index contributed by atoms with van der Waals surface area (Å²) < 4.78 is 25.1. The van der Waals surface area contributed by atoms with Gasteiger partial charge in [0.15, 0.2) is 0 Å². The second kappa shape index (κ2) is 8.68. The van der Waals surface area contributed by atoms with Crippen LogP contribution in [0.5, 0.6) is 5.88 Å². The second-order valence-electron chi connectivity index (χ2n) is 5.60. The van der Waals surface area contributed by atoms with E-state index in [1.165, 1.54) is 24.4 Å². The SMILES string of the molecule is CC.CC(C)(C)OC(=O)n1ccc(OCc2ccc(Cl)cc2F)n1. The zero-order chi connectivity index (χ0) is 18.3. The molecular weight excluding hydrogens is 335 g/mol. The largest absolute Gasteiger partial charge is 0.472 e. The van der Waals surface area contributed by atoms with Crippen LogP contribution < -0.4 is 4.74 Å². The van der Waals surface area contributed by atoms with Crippen LogP contribution >= 0.6 is 11.6 Å². The van der Waals surface area contributed by atoms with Crippen LogP contribution in [0.3, 0.4) is 0 Å². The van der Waals surface area contributed by atoms with E-state index in [-0.39, 0.29) is 12.5 Å². The molecule has 0 spiro atoms. The third kappa shape index (κ3) is 6.20. The number of carbonyl (C=O) groups is 1. The molecule has 0 saturated carbocycles. The van der Waals surface area contributed by atoms with E-state index in [2.05, 4.69) is 5.10 Å². The van der Waals surface area contributed by atoms with Gasteiger partial charge >= 0.3 is 6.09 Å². The van der Waals surface area contributed by atoms with Crippen molar-refractivity contribution in [3.05, 3.63) is 46.9 Å². The normalized spacial score (nSPS) is 10.6. The average molecular weight is 357 g/mol. The first-order valence-corrected chi connectivity index (χ1v) is 7.98. The molecule has 0 aliphatic carbocycles. The minimum absolute atomic E-state index is 0.0195. The van der Waals surface area contributed by atoms with Crippen molar-refractivity contribution >= 4 is 17.7 Å². The maximum absolute atomic E-state index is 13.6. The van der Waals surface area contributed by atoms with Crippen molar-refractivity contribution in [2.45, 2.75) is 46.8 Å². The van der Waals surface area contributed by atoms with Crippen LogP contribution in [0.4, 0.5) is 9.18 Å². The van der Waals surface area contributed by atoms with Gasteiger partial charge in [0.05, 0.1) is 0 Å². The van der Waals surface area contributed by atoms with Gasteiger partial charge < -0.3 is 9.47 Å². The summed E-state index contributed by atoms with van der Waals surface area (Å²) in [5.74, 6) is -0.265. The highest BCUT2D eigenvalue weighted by Crippen LogP contribution is 2.17. The summed E-state index contributed by atoms with van der Waals surface area (Å²) in [6, 6.07) is 5.81. The van der Waals surface area contributed by atoms with Crippen LogP contribution in [-0.4, -0.2) is 21.5 Å². The Bertz CT molecular complexity index is 681. The number of hydrogen-bond acceptors (Lipinski definition) is 4. The lowest BCUT2D eigenvalue weighted by Crippen LogP contribution is -2.27. The van der Waals surface area contributed by atoms with Crippen LogP contribution in [0.1, 0.15) is 40.2 Å². The third-order valence-corrected chi connectivity index (χ3v) is 2.77. The Labute approximate surface area is 146 Å². The molecule has 0 radical (unpaired) electrons. The summed E-state index contributed by atoms with van der Waals surface area (Å²) in [5.41, 5.74) is -0.271. The Morgan fingerprint density at radius 2 is 1.96 bits per heavy atom. The molecule has 132 valence electrons. The molecule has 1 aromatic carbocycles. The highest BCUT2D eigenvalue weighted by molar-refractivity contribution is 6.30. The maximum atomic E-state index is 13.6. The van der Waals surface area contributed by atoms with Gasteiger partial charge in [0.1, 0.15) is 18.0 Å². The lowest BCUT2D eigenvalue weighted by molar-refractivity contribution is 0.0511. The first kappa shape index (κ1) is 20.0. The summed E-state index contributed by atoms with van der Waals surface area (Å²) in [6.45, 7) is 9.26. The molecule has 2 rings (SSSR count). The number of carbonyl (C=O) groups excluding carboxylic acids is 1. The highest BCUT2D eigenvalue weighted by Gasteiger charge is 2.18. The zero-order valence-electron chi connectivity index (χ0n) is 14.5. The fourth-order valence-corrected chi connectivity index (χ4v) is 1.74. The van der Waals surface area contributed by atoms with Gasteiger partial charge in [-0.15, -0.1) is 5.10 Å². The van der Waals surface area contributed by atoms with E-state index < -0.39 is 17.5 Å². The van der Waals surface area contributed by atoms with Crippen LogP contribution in [0.15, 0.2) is 30.5 Å². The molecule has 1 heterocycles. The Morgan fingerprint density at radius 1 is 1.29 bits per heavy atom. The topological polar surface area (TPSA) is 53.4 Å². The molecule has 7 heteroatoms. The van der Waals surface area contributed by atoms with Crippen molar-refractivity contribution in [2.24, 2.45) is 0 Å². The van der Waals surface area contributed by atoms with Gasteiger partial charge in [-0.3, -0.25) is 0 Å². The second-order valence-corrected chi connectivity index (χ2v) is 6.04. The lowest BCUT2D eigenvalue weighted by atomic mass is 10.2. The van der Waals surface area contributed by atoms with Crippen molar-refractivity contribution in [3.63, 3.8) is 0 Å². The first-order chi connectivity index (χ1) is 11.2. The van der Waals surface area contributed by atoms with Gasteiger partial charge in [0.25, 0.3) is 0 Å². The molecule has 0 bridgehead atoms. The summed E-state index contributed by atoms with van der Waals surface area (Å²) in [5, 5.41) is 4.24. The van der Waals surface area contributed by atoms with Crippen molar-refractivity contribution in [1.29, 1.82) is 0 Å². The summed E-state index contributed by atoms with van der Waals surface area (Å²) >= 11 is 5.68. The fraction of sp³-hybridized carbons (Fsp3) is 0.412. The first-order valence-electron chi connectivity index (χ1n) is 7.60. The van der Waals surface area contributed by atoms with E-state index in [1.54, 1.807) is 26.8 Å². The number of nitrogens with zero attached hydrogens (tertiary/aromatic N) is 2. The van der Waals surface area contributed by atoms with Crippen molar-refractivity contribution < 1.29 is 18.7 Å². The number of benzene rings is 1. The Morgan fingerprint density at radius 3 is 2.54 bits per heavy atom. The Hall–Kier alpha value is -2.08. The van der Waals surface area contributed by atoms with Gasteiger partial charge in [-0.25, -0.2) is 9.18 Å². The predicted octanol–water partition coefficient (Wildman–Crippen LogP) is 5.06. The van der Waals surface area contributed by atoms with Gasteiger partial charge in [-0.1, -0.05) is 31.5 Å². The fourth-order valence-electron chi connectivity index (χ4n) is 1.59. The number of rotatable bonds is 3. The molecule has 0 atom stereocenters. The average Bonchev–Trinajstić information content (AvgIpc) is 2.96. The van der Waals surface area contributed by atoms with Gasteiger partial charge in [0, 0.05) is 22.8 Å². The Balaban J connectivity index is 0.00000139. The highest BCUT2D eigenvalue weighted by atomic mass is 35.5. The van der Waals surface area contributed by atoms with E-state index in [0.29, 0.717) is 10.6 Å². The molecule has 0 fully saturated rings. The number of ether oxygens (including phenoxy) is 2. The standard InChI is InChI=1S/C15H16ClFN2O3.C2H6/c1-15(2,3)22-14(20)19-7-6-13(18-19)21-9-10-4-5-11(16)8-12(10)17;1-2/h4-8H,9H2,1-3H3;1-2H3. The van der Waals surface area contributed by atoms with E-state index in [9.17, 15) is 9.18 Å².